The number of thiophene rings is 1. The minimum Gasteiger partial charge on any atom is -0.304 e. The fourth-order valence-electron chi connectivity index (χ4n) is 3.11. The fourth-order valence-corrected chi connectivity index (χ4v) is 3.81. The first-order valence-electron chi connectivity index (χ1n) is 9.67. The number of benzene rings is 1. The molecule has 168 valence electrons. The van der Waals surface area contributed by atoms with Gasteiger partial charge in [0.2, 0.25) is 5.82 Å². The minimum atomic E-state index is -4.53. The van der Waals surface area contributed by atoms with Crippen LogP contribution >= 0.6 is 11.3 Å². The van der Waals surface area contributed by atoms with E-state index in [1.54, 1.807) is 30.5 Å². The van der Waals surface area contributed by atoms with Crippen LogP contribution in [0.1, 0.15) is 28.3 Å². The smallest absolute Gasteiger partial charge is 0.304 e. The van der Waals surface area contributed by atoms with Gasteiger partial charge in [-0.2, -0.15) is 23.5 Å². The zero-order valence-electron chi connectivity index (χ0n) is 17.2. The van der Waals surface area contributed by atoms with E-state index >= 15 is 0 Å². The summed E-state index contributed by atoms with van der Waals surface area (Å²) >= 11 is 1.32. The number of aryl methyl sites for hydroxylation is 2. The lowest BCUT2D eigenvalue weighted by Crippen LogP contribution is -2.17. The Morgan fingerprint density at radius 3 is 2.73 bits per heavy atom. The van der Waals surface area contributed by atoms with E-state index in [0.717, 1.165) is 12.1 Å². The van der Waals surface area contributed by atoms with E-state index in [2.05, 4.69) is 20.5 Å². The van der Waals surface area contributed by atoms with Crippen LogP contribution in [0, 0.1) is 18.3 Å². The van der Waals surface area contributed by atoms with E-state index in [1.807, 2.05) is 6.07 Å². The monoisotopic (exact) mass is 471 g/mol. The van der Waals surface area contributed by atoms with Crippen LogP contribution in [0.25, 0.3) is 16.4 Å². The van der Waals surface area contributed by atoms with Crippen LogP contribution in [-0.4, -0.2) is 30.5 Å². The maximum atomic E-state index is 13.2. The summed E-state index contributed by atoms with van der Waals surface area (Å²) in [7, 11) is 0. The van der Waals surface area contributed by atoms with Crippen molar-refractivity contribution in [2.75, 3.05) is 5.32 Å². The Labute approximate surface area is 189 Å². The Morgan fingerprint density at radius 1 is 1.21 bits per heavy atom. The highest BCUT2D eigenvalue weighted by Gasteiger charge is 2.31. The number of nitriles is 1. The average molecular weight is 471 g/mol. The number of halogens is 3. The number of nitrogens with zero attached hydrogens (tertiary/aromatic N) is 6. The summed E-state index contributed by atoms with van der Waals surface area (Å²) in [5.41, 5.74) is -0.0739. The minimum absolute atomic E-state index is 0.120. The molecule has 0 atom stereocenters. The molecule has 0 spiro atoms. The summed E-state index contributed by atoms with van der Waals surface area (Å²) < 4.78 is 42.4. The van der Waals surface area contributed by atoms with E-state index in [0.29, 0.717) is 16.4 Å². The number of aromatic nitrogens is 5. The molecule has 0 aliphatic carbocycles. The van der Waals surface area contributed by atoms with Crippen LogP contribution in [0.15, 0.2) is 47.8 Å². The quantitative estimate of drug-likeness (QED) is 0.440. The Morgan fingerprint density at radius 2 is 2.03 bits per heavy atom. The number of rotatable bonds is 6. The van der Waals surface area contributed by atoms with Crippen molar-refractivity contribution < 1.29 is 18.0 Å². The van der Waals surface area contributed by atoms with Gasteiger partial charge in [-0.1, -0.05) is 12.1 Å². The molecule has 0 aliphatic heterocycles. The maximum absolute atomic E-state index is 13.2. The predicted octanol–water partition coefficient (Wildman–Crippen LogP) is 4.69. The van der Waals surface area contributed by atoms with Crippen LogP contribution in [0.2, 0.25) is 0 Å². The van der Waals surface area contributed by atoms with Crippen molar-refractivity contribution in [2.24, 2.45) is 0 Å². The Kier molecular flexibility index (Phi) is 5.97. The predicted molar refractivity (Wildman–Crippen MR) is 115 cm³/mol. The molecule has 0 saturated heterocycles. The van der Waals surface area contributed by atoms with Gasteiger partial charge in [-0.05, 0) is 36.6 Å². The molecule has 4 aromatic rings. The summed E-state index contributed by atoms with van der Waals surface area (Å²) in [6, 6.07) is 11.8. The second kappa shape index (κ2) is 8.87. The molecule has 0 fully saturated rings. The molecule has 0 saturated carbocycles. The standard InChI is InChI=1S/C21H16F3N7OS/c1-13-11-17(30(28-13)9-4-8-25)26-20(32)18-27-19(16-7-3-10-33-16)31(29-18)15-6-2-5-14(12-15)21(22,23)24/h2-3,5-7,10-12H,4,9H2,1H3,(H,26,32). The molecule has 0 aliphatic rings. The van der Waals surface area contributed by atoms with Gasteiger partial charge in [0.15, 0.2) is 5.82 Å². The zero-order valence-corrected chi connectivity index (χ0v) is 18.0. The first-order chi connectivity index (χ1) is 15.8. The molecular weight excluding hydrogens is 455 g/mol. The fraction of sp³-hybridized carbons (Fsp3) is 0.190. The van der Waals surface area contributed by atoms with Crippen molar-refractivity contribution in [2.45, 2.75) is 26.1 Å². The number of nitrogens with one attached hydrogen (secondary N) is 1. The van der Waals surface area contributed by atoms with Crippen LogP contribution in [-0.2, 0) is 12.7 Å². The summed E-state index contributed by atoms with van der Waals surface area (Å²) in [5, 5.41) is 21.7. The van der Waals surface area contributed by atoms with Gasteiger partial charge in [0.25, 0.3) is 5.91 Å². The van der Waals surface area contributed by atoms with E-state index in [1.165, 1.54) is 32.8 Å². The molecule has 4 rings (SSSR count). The lowest BCUT2D eigenvalue weighted by atomic mass is 10.2. The van der Waals surface area contributed by atoms with E-state index < -0.39 is 17.6 Å². The van der Waals surface area contributed by atoms with Crippen molar-refractivity contribution in [1.82, 2.24) is 24.5 Å². The third kappa shape index (κ3) is 4.78. The average Bonchev–Trinajstić information content (AvgIpc) is 3.51. The SMILES string of the molecule is Cc1cc(NC(=O)c2nc(-c3cccs3)n(-c3cccc(C(F)(F)F)c3)n2)n(CCC#N)n1. The van der Waals surface area contributed by atoms with Gasteiger partial charge in [0.1, 0.15) is 5.82 Å². The lowest BCUT2D eigenvalue weighted by molar-refractivity contribution is -0.137. The largest absolute Gasteiger partial charge is 0.416 e. The summed E-state index contributed by atoms with van der Waals surface area (Å²) in [5.74, 6) is -0.275. The Hall–Kier alpha value is -3.98. The van der Waals surface area contributed by atoms with Gasteiger partial charge >= 0.3 is 6.18 Å². The van der Waals surface area contributed by atoms with Crippen molar-refractivity contribution in [1.29, 1.82) is 5.26 Å². The Bertz CT molecular complexity index is 1330. The summed E-state index contributed by atoms with van der Waals surface area (Å²) in [6.07, 6.45) is -4.32. The van der Waals surface area contributed by atoms with Gasteiger partial charge in [0, 0.05) is 6.07 Å². The molecule has 0 bridgehead atoms. The van der Waals surface area contributed by atoms with Gasteiger partial charge in [-0.3, -0.25) is 4.79 Å². The molecule has 1 N–H and O–H groups in total. The number of carbonyl (C=O) groups excluding carboxylic acids is 1. The van der Waals surface area contributed by atoms with Crippen molar-refractivity contribution in [3.8, 4) is 22.5 Å². The Balaban J connectivity index is 1.72. The highest BCUT2D eigenvalue weighted by molar-refractivity contribution is 7.13. The van der Waals surface area contributed by atoms with E-state index in [9.17, 15) is 18.0 Å². The molecule has 3 heterocycles. The van der Waals surface area contributed by atoms with Crippen LogP contribution < -0.4 is 5.32 Å². The zero-order chi connectivity index (χ0) is 23.6. The highest BCUT2D eigenvalue weighted by Crippen LogP contribution is 2.32. The number of carbonyl (C=O) groups is 1. The molecule has 1 amide bonds. The summed E-state index contributed by atoms with van der Waals surface area (Å²) in [6.45, 7) is 2.03. The number of hydrogen-bond donors (Lipinski definition) is 1. The first-order valence-corrected chi connectivity index (χ1v) is 10.6. The van der Waals surface area contributed by atoms with E-state index in [-0.39, 0.29) is 30.3 Å². The van der Waals surface area contributed by atoms with Gasteiger partial charge < -0.3 is 5.32 Å². The molecule has 0 unspecified atom stereocenters. The summed E-state index contributed by atoms with van der Waals surface area (Å²) in [4.78, 5) is 17.8. The first kappa shape index (κ1) is 22.2. The molecule has 1 aromatic carbocycles. The second-order valence-corrected chi connectivity index (χ2v) is 7.90. The second-order valence-electron chi connectivity index (χ2n) is 6.95. The third-order valence-electron chi connectivity index (χ3n) is 4.55. The molecule has 0 radical (unpaired) electrons. The molecular formula is C21H16F3N7OS. The van der Waals surface area contributed by atoms with Crippen LogP contribution in [0.5, 0.6) is 0 Å². The molecule has 33 heavy (non-hydrogen) atoms. The number of amides is 1. The highest BCUT2D eigenvalue weighted by atomic mass is 32.1. The molecule has 3 aromatic heterocycles. The maximum Gasteiger partial charge on any atom is 0.416 e. The van der Waals surface area contributed by atoms with Crippen molar-refractivity contribution >= 4 is 23.1 Å². The number of alkyl halides is 3. The third-order valence-corrected chi connectivity index (χ3v) is 5.41. The van der Waals surface area contributed by atoms with Gasteiger partial charge in [-0.15, -0.1) is 16.4 Å². The normalized spacial score (nSPS) is 11.4. The van der Waals surface area contributed by atoms with Crippen molar-refractivity contribution in [3.05, 3.63) is 64.9 Å². The van der Waals surface area contributed by atoms with Gasteiger partial charge in [0.05, 0.1) is 40.9 Å². The lowest BCUT2D eigenvalue weighted by Gasteiger charge is -2.09. The molecule has 8 nitrogen and oxygen atoms in total. The molecule has 12 heteroatoms. The topological polar surface area (TPSA) is 101 Å². The number of anilines is 1. The van der Waals surface area contributed by atoms with Gasteiger partial charge in [-0.25, -0.2) is 14.3 Å². The van der Waals surface area contributed by atoms with E-state index in [4.69, 9.17) is 5.26 Å². The van der Waals surface area contributed by atoms with Crippen LogP contribution in [0.4, 0.5) is 19.0 Å². The van der Waals surface area contributed by atoms with Crippen molar-refractivity contribution in [3.63, 3.8) is 0 Å². The number of hydrogen-bond acceptors (Lipinski definition) is 6. The van der Waals surface area contributed by atoms with Crippen LogP contribution in [0.3, 0.4) is 0 Å².